The van der Waals surface area contributed by atoms with E-state index in [9.17, 15) is 4.79 Å². The molecule has 2 heterocycles. The van der Waals surface area contributed by atoms with Gasteiger partial charge in [-0.15, -0.1) is 0 Å². The topological polar surface area (TPSA) is 75.0 Å². The zero-order valence-electron chi connectivity index (χ0n) is 13.4. The summed E-state index contributed by atoms with van der Waals surface area (Å²) in [4.78, 5) is 14.1. The van der Waals surface area contributed by atoms with Gasteiger partial charge in [0.2, 0.25) is 0 Å². The number of carbonyl (C=O) groups excluding carboxylic acids is 1. The van der Waals surface area contributed by atoms with Gasteiger partial charge in [0.25, 0.3) is 5.91 Å². The molecule has 1 aliphatic carbocycles. The number of H-pyrrole nitrogens is 1. The molecular weight excluding hydrogens is 304 g/mol. The van der Waals surface area contributed by atoms with Crippen molar-refractivity contribution in [2.75, 3.05) is 7.05 Å². The number of carbonyl (C=O) groups is 1. The molecule has 6 nitrogen and oxygen atoms in total. The van der Waals surface area contributed by atoms with Gasteiger partial charge in [-0.3, -0.25) is 9.89 Å². The highest BCUT2D eigenvalue weighted by molar-refractivity contribution is 5.92. The van der Waals surface area contributed by atoms with E-state index >= 15 is 0 Å². The summed E-state index contributed by atoms with van der Waals surface area (Å²) in [6.45, 7) is 0.376. The minimum Gasteiger partial charge on any atom is -0.356 e. The maximum Gasteiger partial charge on any atom is 0.274 e. The SMILES string of the molecule is CN(Cc1cc(-c2ccccc2)on1)C(=O)c1cc(C2CC2)[nH]n1. The molecule has 0 bridgehead atoms. The first kappa shape index (κ1) is 14.7. The molecule has 2 aromatic heterocycles. The van der Waals surface area contributed by atoms with Crippen molar-refractivity contribution in [1.82, 2.24) is 20.3 Å². The first-order valence-corrected chi connectivity index (χ1v) is 8.02. The molecule has 0 saturated heterocycles. The van der Waals surface area contributed by atoms with E-state index in [2.05, 4.69) is 15.4 Å². The van der Waals surface area contributed by atoms with Crippen LogP contribution in [0.4, 0.5) is 0 Å². The fourth-order valence-electron chi connectivity index (χ4n) is 2.68. The Hall–Kier alpha value is -2.89. The molecule has 1 saturated carbocycles. The van der Waals surface area contributed by atoms with E-state index in [1.165, 1.54) is 12.8 Å². The van der Waals surface area contributed by atoms with Crippen molar-refractivity contribution in [3.8, 4) is 11.3 Å². The summed E-state index contributed by atoms with van der Waals surface area (Å²) in [5.74, 6) is 1.12. The van der Waals surface area contributed by atoms with Gasteiger partial charge in [-0.25, -0.2) is 0 Å². The predicted octanol–water partition coefficient (Wildman–Crippen LogP) is 3.21. The van der Waals surface area contributed by atoms with Gasteiger partial charge in [0, 0.05) is 30.3 Å². The van der Waals surface area contributed by atoms with Crippen LogP contribution in [0.5, 0.6) is 0 Å². The van der Waals surface area contributed by atoms with Crippen molar-refractivity contribution in [1.29, 1.82) is 0 Å². The second-order valence-corrected chi connectivity index (χ2v) is 6.19. The lowest BCUT2D eigenvalue weighted by Gasteiger charge is -2.13. The molecule has 3 aromatic rings. The Balaban J connectivity index is 1.44. The van der Waals surface area contributed by atoms with Gasteiger partial charge in [0.15, 0.2) is 5.76 Å². The summed E-state index contributed by atoms with van der Waals surface area (Å²) in [5.41, 5.74) is 3.18. The van der Waals surface area contributed by atoms with E-state index in [0.717, 1.165) is 11.3 Å². The summed E-state index contributed by atoms with van der Waals surface area (Å²) in [7, 11) is 1.74. The Bertz CT molecular complexity index is 849. The quantitative estimate of drug-likeness (QED) is 0.782. The highest BCUT2D eigenvalue weighted by Gasteiger charge is 2.27. The van der Waals surface area contributed by atoms with Gasteiger partial charge in [-0.2, -0.15) is 5.10 Å². The van der Waals surface area contributed by atoms with Gasteiger partial charge in [0.05, 0.1) is 6.54 Å². The van der Waals surface area contributed by atoms with Gasteiger partial charge in [-0.05, 0) is 18.9 Å². The van der Waals surface area contributed by atoms with E-state index in [1.54, 1.807) is 11.9 Å². The average molecular weight is 322 g/mol. The molecule has 122 valence electrons. The molecule has 1 fully saturated rings. The van der Waals surface area contributed by atoms with Crippen LogP contribution in [0.25, 0.3) is 11.3 Å². The molecule has 0 aliphatic heterocycles. The fraction of sp³-hybridized carbons (Fsp3) is 0.278. The zero-order chi connectivity index (χ0) is 16.5. The van der Waals surface area contributed by atoms with Gasteiger partial charge in [-0.1, -0.05) is 35.5 Å². The number of amides is 1. The molecule has 1 amide bonds. The molecule has 0 atom stereocenters. The highest BCUT2D eigenvalue weighted by Crippen LogP contribution is 2.39. The monoisotopic (exact) mass is 322 g/mol. The summed E-state index contributed by atoms with van der Waals surface area (Å²) in [6.07, 6.45) is 2.35. The van der Waals surface area contributed by atoms with Crippen LogP contribution < -0.4 is 0 Å². The van der Waals surface area contributed by atoms with Crippen molar-refractivity contribution >= 4 is 5.91 Å². The molecule has 0 radical (unpaired) electrons. The summed E-state index contributed by atoms with van der Waals surface area (Å²) < 4.78 is 5.37. The number of aromatic amines is 1. The Morgan fingerprint density at radius 2 is 2.08 bits per heavy atom. The molecule has 1 N–H and O–H groups in total. The molecule has 0 spiro atoms. The Morgan fingerprint density at radius 3 is 2.83 bits per heavy atom. The lowest BCUT2D eigenvalue weighted by atomic mass is 10.1. The molecule has 1 aliphatic rings. The van der Waals surface area contributed by atoms with Crippen LogP contribution in [0, 0.1) is 0 Å². The van der Waals surface area contributed by atoms with Gasteiger partial charge < -0.3 is 9.42 Å². The van der Waals surface area contributed by atoms with Crippen molar-refractivity contribution in [3.05, 3.63) is 59.5 Å². The minimum atomic E-state index is -0.123. The minimum absolute atomic E-state index is 0.123. The smallest absolute Gasteiger partial charge is 0.274 e. The third kappa shape index (κ3) is 2.95. The molecule has 6 heteroatoms. The second kappa shape index (κ2) is 5.96. The first-order valence-electron chi connectivity index (χ1n) is 8.02. The predicted molar refractivity (Wildman–Crippen MR) is 88.3 cm³/mol. The summed E-state index contributed by atoms with van der Waals surface area (Å²) in [6, 6.07) is 13.5. The molecule has 24 heavy (non-hydrogen) atoms. The van der Waals surface area contributed by atoms with Crippen molar-refractivity contribution in [2.24, 2.45) is 0 Å². The van der Waals surface area contributed by atoms with E-state index in [4.69, 9.17) is 4.52 Å². The number of rotatable bonds is 5. The standard InChI is InChI=1S/C18H18N4O2/c1-22(18(23)16-10-15(19-20-16)12-7-8-12)11-14-9-17(24-21-14)13-5-3-2-4-6-13/h2-6,9-10,12H,7-8,11H2,1H3,(H,19,20). The average Bonchev–Trinajstić information content (AvgIpc) is 3.16. The van der Waals surface area contributed by atoms with Crippen molar-refractivity contribution in [3.63, 3.8) is 0 Å². The lowest BCUT2D eigenvalue weighted by Crippen LogP contribution is -2.26. The number of hydrogen-bond donors (Lipinski definition) is 1. The van der Waals surface area contributed by atoms with Gasteiger partial charge >= 0.3 is 0 Å². The number of nitrogens with one attached hydrogen (secondary N) is 1. The van der Waals surface area contributed by atoms with E-state index in [0.29, 0.717) is 29.6 Å². The number of hydrogen-bond acceptors (Lipinski definition) is 4. The van der Waals surface area contributed by atoms with Crippen LogP contribution in [-0.2, 0) is 6.54 Å². The van der Waals surface area contributed by atoms with Crippen LogP contribution in [0.1, 0.15) is 40.6 Å². The molecular formula is C18H18N4O2. The highest BCUT2D eigenvalue weighted by atomic mass is 16.5. The third-order valence-electron chi connectivity index (χ3n) is 4.20. The fourth-order valence-corrected chi connectivity index (χ4v) is 2.68. The maximum atomic E-state index is 12.5. The molecule has 4 rings (SSSR count). The summed E-state index contributed by atoms with van der Waals surface area (Å²) in [5, 5.41) is 11.1. The summed E-state index contributed by atoms with van der Waals surface area (Å²) >= 11 is 0. The lowest BCUT2D eigenvalue weighted by molar-refractivity contribution is 0.0776. The van der Waals surface area contributed by atoms with Crippen molar-refractivity contribution < 1.29 is 9.32 Å². The largest absolute Gasteiger partial charge is 0.356 e. The van der Waals surface area contributed by atoms with E-state index in [1.807, 2.05) is 42.5 Å². The maximum absolute atomic E-state index is 12.5. The van der Waals surface area contributed by atoms with Crippen LogP contribution in [0.2, 0.25) is 0 Å². The number of nitrogens with zero attached hydrogens (tertiary/aromatic N) is 3. The van der Waals surface area contributed by atoms with E-state index in [-0.39, 0.29) is 5.91 Å². The van der Waals surface area contributed by atoms with Crippen LogP contribution in [0.15, 0.2) is 47.0 Å². The second-order valence-electron chi connectivity index (χ2n) is 6.19. The van der Waals surface area contributed by atoms with Crippen LogP contribution in [0.3, 0.4) is 0 Å². The number of benzene rings is 1. The third-order valence-corrected chi connectivity index (χ3v) is 4.20. The zero-order valence-corrected chi connectivity index (χ0v) is 13.4. The Labute approximate surface area is 139 Å². The first-order chi connectivity index (χ1) is 11.7. The van der Waals surface area contributed by atoms with Crippen LogP contribution >= 0.6 is 0 Å². The Kier molecular flexibility index (Phi) is 3.65. The normalized spacial score (nSPS) is 13.9. The molecule has 1 aromatic carbocycles. The van der Waals surface area contributed by atoms with Crippen LogP contribution in [-0.4, -0.2) is 33.2 Å². The van der Waals surface area contributed by atoms with Gasteiger partial charge in [0.1, 0.15) is 11.4 Å². The Morgan fingerprint density at radius 1 is 1.29 bits per heavy atom. The van der Waals surface area contributed by atoms with E-state index < -0.39 is 0 Å². The van der Waals surface area contributed by atoms with Crippen molar-refractivity contribution in [2.45, 2.75) is 25.3 Å². The number of aromatic nitrogens is 3. The molecule has 0 unspecified atom stereocenters.